The number of nitrogens with zero attached hydrogens (tertiary/aromatic N) is 2. The van der Waals surface area contributed by atoms with Crippen molar-refractivity contribution >= 4 is 11.9 Å². The Morgan fingerprint density at radius 3 is 2.67 bits per heavy atom. The fourth-order valence-electron chi connectivity index (χ4n) is 3.22. The van der Waals surface area contributed by atoms with Crippen molar-refractivity contribution in [2.45, 2.75) is 37.9 Å². The summed E-state index contributed by atoms with van der Waals surface area (Å²) in [5, 5.41) is 6.63. The number of aliphatic imine (C=N–C) groups is 1. The number of benzene rings is 1. The molecule has 2 atom stereocenters. The first-order valence-electron chi connectivity index (χ1n) is 9.70. The largest absolute Gasteiger partial charge is 0.488 e. The van der Waals surface area contributed by atoms with Gasteiger partial charge in [-0.25, -0.2) is 4.99 Å². The van der Waals surface area contributed by atoms with Crippen LogP contribution in [0, 0.1) is 0 Å². The number of ether oxygens (including phenoxy) is 2. The summed E-state index contributed by atoms with van der Waals surface area (Å²) >= 11 is 0. The minimum absolute atomic E-state index is 0.0328. The summed E-state index contributed by atoms with van der Waals surface area (Å²) < 4.78 is 11.7. The second-order valence-electron chi connectivity index (χ2n) is 7.26. The molecule has 0 saturated carbocycles. The Kier molecular flexibility index (Phi) is 6.92. The molecule has 0 aliphatic carbocycles. The van der Waals surface area contributed by atoms with Gasteiger partial charge in [0.25, 0.3) is 0 Å². The van der Waals surface area contributed by atoms with Gasteiger partial charge in [-0.2, -0.15) is 0 Å². The third kappa shape index (κ3) is 5.85. The molecular weight excluding hydrogens is 344 g/mol. The Labute approximate surface area is 161 Å². The van der Waals surface area contributed by atoms with Crippen LogP contribution >= 0.6 is 0 Å². The van der Waals surface area contributed by atoms with Crippen LogP contribution in [-0.4, -0.2) is 69.3 Å². The molecule has 3 rings (SSSR count). The molecule has 2 N–H and O–H groups in total. The molecule has 1 fully saturated rings. The zero-order chi connectivity index (χ0) is 19.1. The van der Waals surface area contributed by atoms with E-state index in [0.29, 0.717) is 19.0 Å². The highest BCUT2D eigenvalue weighted by atomic mass is 16.5. The average molecular weight is 374 g/mol. The van der Waals surface area contributed by atoms with Crippen LogP contribution in [0.3, 0.4) is 0 Å². The van der Waals surface area contributed by atoms with E-state index in [0.717, 1.165) is 31.6 Å². The van der Waals surface area contributed by atoms with Crippen LogP contribution in [0.5, 0.6) is 5.75 Å². The lowest BCUT2D eigenvalue weighted by Crippen LogP contribution is -2.46. The van der Waals surface area contributed by atoms with Crippen molar-refractivity contribution in [3.63, 3.8) is 0 Å². The zero-order valence-electron chi connectivity index (χ0n) is 16.2. The fourth-order valence-corrected chi connectivity index (χ4v) is 3.22. The molecule has 0 radical (unpaired) electrons. The SMILES string of the molecule is CN(C)C(=O)CN=C(NCC1CCCCO1)NCC1Cc2ccccc2O1. The van der Waals surface area contributed by atoms with E-state index in [4.69, 9.17) is 9.47 Å². The van der Waals surface area contributed by atoms with Gasteiger partial charge in [0.05, 0.1) is 12.6 Å². The first-order chi connectivity index (χ1) is 13.1. The van der Waals surface area contributed by atoms with Crippen molar-refractivity contribution < 1.29 is 14.3 Å². The minimum atomic E-state index is -0.0328. The number of hydrogen-bond donors (Lipinski definition) is 2. The van der Waals surface area contributed by atoms with E-state index in [1.807, 2.05) is 18.2 Å². The third-order valence-corrected chi connectivity index (χ3v) is 4.85. The molecule has 2 aliphatic heterocycles. The highest BCUT2D eigenvalue weighted by Gasteiger charge is 2.22. The van der Waals surface area contributed by atoms with Gasteiger partial charge in [-0.3, -0.25) is 4.79 Å². The predicted octanol–water partition coefficient (Wildman–Crippen LogP) is 1.18. The quantitative estimate of drug-likeness (QED) is 0.578. The normalized spacial score (nSPS) is 21.9. The Morgan fingerprint density at radius 1 is 1.19 bits per heavy atom. The van der Waals surface area contributed by atoms with Gasteiger partial charge in [0.2, 0.25) is 5.91 Å². The number of amides is 1. The van der Waals surface area contributed by atoms with Crippen molar-refractivity contribution in [2.75, 3.05) is 40.3 Å². The van der Waals surface area contributed by atoms with E-state index in [2.05, 4.69) is 21.7 Å². The van der Waals surface area contributed by atoms with Gasteiger partial charge < -0.3 is 25.0 Å². The van der Waals surface area contributed by atoms with Gasteiger partial charge >= 0.3 is 0 Å². The van der Waals surface area contributed by atoms with Gasteiger partial charge in [-0.05, 0) is 30.9 Å². The molecule has 0 aromatic heterocycles. The zero-order valence-corrected chi connectivity index (χ0v) is 16.2. The van der Waals surface area contributed by atoms with Crippen LogP contribution in [0.1, 0.15) is 24.8 Å². The summed E-state index contributed by atoms with van der Waals surface area (Å²) in [5.41, 5.74) is 1.23. The summed E-state index contributed by atoms with van der Waals surface area (Å²) in [4.78, 5) is 17.9. The highest BCUT2D eigenvalue weighted by Crippen LogP contribution is 2.27. The number of fused-ring (bicyclic) bond motifs is 1. The smallest absolute Gasteiger partial charge is 0.243 e. The molecule has 1 aromatic carbocycles. The molecule has 2 unspecified atom stereocenters. The van der Waals surface area contributed by atoms with E-state index < -0.39 is 0 Å². The topological polar surface area (TPSA) is 75.2 Å². The van der Waals surface area contributed by atoms with E-state index >= 15 is 0 Å². The Balaban J connectivity index is 1.52. The molecule has 0 bridgehead atoms. The molecule has 1 saturated heterocycles. The summed E-state index contributed by atoms with van der Waals surface area (Å²) in [7, 11) is 3.47. The molecule has 7 heteroatoms. The van der Waals surface area contributed by atoms with Gasteiger partial charge in [0.1, 0.15) is 18.4 Å². The van der Waals surface area contributed by atoms with Crippen molar-refractivity contribution in [1.29, 1.82) is 0 Å². The van der Waals surface area contributed by atoms with Gasteiger partial charge in [-0.15, -0.1) is 0 Å². The van der Waals surface area contributed by atoms with Crippen LogP contribution in [0.4, 0.5) is 0 Å². The Hall–Kier alpha value is -2.28. The lowest BCUT2D eigenvalue weighted by Gasteiger charge is -2.24. The Morgan fingerprint density at radius 2 is 1.96 bits per heavy atom. The van der Waals surface area contributed by atoms with E-state index in [9.17, 15) is 4.79 Å². The van der Waals surface area contributed by atoms with Crippen LogP contribution in [-0.2, 0) is 16.0 Å². The molecule has 1 amide bonds. The number of carbonyl (C=O) groups excluding carboxylic acids is 1. The number of hydrogen-bond acceptors (Lipinski definition) is 4. The van der Waals surface area contributed by atoms with Gasteiger partial charge in [-0.1, -0.05) is 18.2 Å². The molecule has 27 heavy (non-hydrogen) atoms. The van der Waals surface area contributed by atoms with E-state index in [1.54, 1.807) is 19.0 Å². The second kappa shape index (κ2) is 9.60. The molecule has 0 spiro atoms. The molecular formula is C20H30N4O3. The lowest BCUT2D eigenvalue weighted by molar-refractivity contribution is -0.127. The first kappa shape index (κ1) is 19.5. The first-order valence-corrected chi connectivity index (χ1v) is 9.70. The number of guanidine groups is 1. The van der Waals surface area contributed by atoms with E-state index in [1.165, 1.54) is 12.0 Å². The second-order valence-corrected chi connectivity index (χ2v) is 7.26. The molecule has 2 heterocycles. The number of rotatable bonds is 6. The lowest BCUT2D eigenvalue weighted by atomic mass is 10.1. The summed E-state index contributed by atoms with van der Waals surface area (Å²) in [5.74, 6) is 1.54. The van der Waals surface area contributed by atoms with Gasteiger partial charge in [0, 0.05) is 33.7 Å². The summed E-state index contributed by atoms with van der Waals surface area (Å²) in [6, 6.07) is 8.11. The van der Waals surface area contributed by atoms with Gasteiger partial charge in [0.15, 0.2) is 5.96 Å². The molecule has 148 valence electrons. The molecule has 7 nitrogen and oxygen atoms in total. The number of likely N-dealkylation sites (N-methyl/N-ethyl adjacent to an activating group) is 1. The van der Waals surface area contributed by atoms with Crippen LogP contribution < -0.4 is 15.4 Å². The van der Waals surface area contributed by atoms with E-state index in [-0.39, 0.29) is 24.7 Å². The van der Waals surface area contributed by atoms with Crippen LogP contribution in [0.2, 0.25) is 0 Å². The van der Waals surface area contributed by atoms with Crippen molar-refractivity contribution in [3.8, 4) is 5.75 Å². The van der Waals surface area contributed by atoms with Crippen molar-refractivity contribution in [3.05, 3.63) is 29.8 Å². The third-order valence-electron chi connectivity index (χ3n) is 4.85. The molecule has 1 aromatic rings. The van der Waals surface area contributed by atoms with Crippen LogP contribution in [0.25, 0.3) is 0 Å². The minimum Gasteiger partial charge on any atom is -0.488 e. The van der Waals surface area contributed by atoms with Crippen molar-refractivity contribution in [2.24, 2.45) is 4.99 Å². The monoisotopic (exact) mass is 374 g/mol. The Bertz CT molecular complexity index is 631. The summed E-state index contributed by atoms with van der Waals surface area (Å²) in [6.07, 6.45) is 4.51. The fraction of sp³-hybridized carbons (Fsp3) is 0.600. The maximum Gasteiger partial charge on any atom is 0.243 e. The average Bonchev–Trinajstić information content (AvgIpc) is 3.10. The summed E-state index contributed by atoms with van der Waals surface area (Å²) in [6.45, 7) is 2.25. The standard InChI is InChI=1S/C20H30N4O3/c1-24(2)19(25)14-23-20(21-12-16-8-5-6-10-26-16)22-13-17-11-15-7-3-4-9-18(15)27-17/h3-4,7,9,16-17H,5-6,8,10-14H2,1-2H3,(H2,21,22,23). The number of nitrogens with one attached hydrogen (secondary N) is 2. The van der Waals surface area contributed by atoms with Crippen molar-refractivity contribution in [1.82, 2.24) is 15.5 Å². The number of carbonyl (C=O) groups is 1. The van der Waals surface area contributed by atoms with Crippen LogP contribution in [0.15, 0.2) is 29.3 Å². The predicted molar refractivity (Wildman–Crippen MR) is 105 cm³/mol. The molecule has 2 aliphatic rings. The maximum atomic E-state index is 11.9. The highest BCUT2D eigenvalue weighted by molar-refractivity contribution is 5.84. The number of para-hydroxylation sites is 1. The maximum absolute atomic E-state index is 11.9.